The van der Waals surface area contributed by atoms with Gasteiger partial charge in [0.05, 0.1) is 17.0 Å². The lowest BCUT2D eigenvalue weighted by atomic mass is 9.92. The number of halogens is 1. The summed E-state index contributed by atoms with van der Waals surface area (Å²) in [5.41, 5.74) is 3.64. The maximum absolute atomic E-state index is 13.3. The van der Waals surface area contributed by atoms with Crippen molar-refractivity contribution in [1.82, 2.24) is 9.78 Å². The normalized spacial score (nSPS) is 13.0. The van der Waals surface area contributed by atoms with Crippen molar-refractivity contribution in [2.75, 3.05) is 5.32 Å². The number of nitrogens with one attached hydrogen (secondary N) is 1. The van der Waals surface area contributed by atoms with Gasteiger partial charge in [-0.1, -0.05) is 32.9 Å². The van der Waals surface area contributed by atoms with E-state index in [1.54, 1.807) is 68.2 Å². The summed E-state index contributed by atoms with van der Waals surface area (Å²) in [5, 5.41) is 5.95. The van der Waals surface area contributed by atoms with Crippen molar-refractivity contribution in [3.63, 3.8) is 0 Å². The summed E-state index contributed by atoms with van der Waals surface area (Å²) in [5.74, 6) is -0.654. The van der Waals surface area contributed by atoms with Crippen molar-refractivity contribution in [1.29, 1.82) is 0 Å². The topological polar surface area (TPSA) is 104 Å². The molecule has 2 aromatic carbocycles. The number of amides is 1. The van der Waals surface area contributed by atoms with Crippen molar-refractivity contribution in [2.24, 2.45) is 7.05 Å². The van der Waals surface area contributed by atoms with Gasteiger partial charge < -0.3 is 15.1 Å². The van der Waals surface area contributed by atoms with Crippen molar-refractivity contribution >= 4 is 19.2 Å². The number of aryl methyl sites for hydroxylation is 1. The molecule has 0 radical (unpaired) electrons. The van der Waals surface area contributed by atoms with Crippen molar-refractivity contribution in [3.8, 4) is 11.3 Å². The third-order valence-electron chi connectivity index (χ3n) is 6.54. The van der Waals surface area contributed by atoms with E-state index >= 15 is 0 Å². The van der Waals surface area contributed by atoms with E-state index in [2.05, 4.69) is 10.4 Å². The molecule has 3 rings (SSSR count). The molecule has 0 aliphatic rings. The van der Waals surface area contributed by atoms with Crippen molar-refractivity contribution in [2.45, 2.75) is 51.1 Å². The zero-order valence-corrected chi connectivity index (χ0v) is 20.7. The monoisotopic (exact) mass is 487 g/mol. The molecule has 0 aliphatic heterocycles. The first-order valence-corrected chi connectivity index (χ1v) is 12.9. The first-order chi connectivity index (χ1) is 16.0. The molecule has 1 amide bonds. The van der Waals surface area contributed by atoms with Gasteiger partial charge in [-0.15, -0.1) is 0 Å². The lowest BCUT2D eigenvalue weighted by molar-refractivity contribution is -0.116. The highest BCUT2D eigenvalue weighted by atomic mass is 31.2. The standard InChI is InChI=1S/C25H31FN3O4P/c1-5-25(6-2,34(31,32)33)19-9-13-21(14-10-19)28-23(30)15-17(3)22-16-27-29(4)24(22)18-7-11-20(26)12-8-18/h7-14,16-17H,5-6,15H2,1-4H3,(H,28,30)(H2,31,32,33). The Bertz CT molecular complexity index is 1180. The molecule has 9 heteroatoms. The largest absolute Gasteiger partial charge is 0.335 e. The molecule has 3 N–H and O–H groups in total. The van der Waals surface area contributed by atoms with E-state index in [0.29, 0.717) is 24.1 Å². The molecule has 0 saturated carbocycles. The molecule has 1 atom stereocenters. The van der Waals surface area contributed by atoms with E-state index in [4.69, 9.17) is 0 Å². The summed E-state index contributed by atoms with van der Waals surface area (Å²) in [6.07, 6.45) is 2.54. The lowest BCUT2D eigenvalue weighted by Gasteiger charge is -2.33. The molecule has 34 heavy (non-hydrogen) atoms. The van der Waals surface area contributed by atoms with Crippen LogP contribution in [-0.2, 0) is 21.6 Å². The Morgan fingerprint density at radius 3 is 2.24 bits per heavy atom. The van der Waals surface area contributed by atoms with Crippen LogP contribution in [-0.4, -0.2) is 25.5 Å². The summed E-state index contributed by atoms with van der Waals surface area (Å²) in [6, 6.07) is 12.8. The van der Waals surface area contributed by atoms with E-state index in [-0.39, 0.29) is 24.1 Å². The second-order valence-corrected chi connectivity index (χ2v) is 10.5. The second-order valence-electron chi connectivity index (χ2n) is 8.59. The number of benzene rings is 2. The molecule has 3 aromatic rings. The van der Waals surface area contributed by atoms with Gasteiger partial charge in [0.2, 0.25) is 5.91 Å². The van der Waals surface area contributed by atoms with E-state index in [1.165, 1.54) is 12.1 Å². The van der Waals surface area contributed by atoms with Gasteiger partial charge in [0.25, 0.3) is 0 Å². The highest BCUT2D eigenvalue weighted by Crippen LogP contribution is 2.60. The first kappa shape index (κ1) is 25.8. The fourth-order valence-electron chi connectivity index (χ4n) is 4.48. The zero-order chi connectivity index (χ0) is 25.1. The first-order valence-electron chi connectivity index (χ1n) is 11.3. The minimum atomic E-state index is -4.37. The average molecular weight is 488 g/mol. The number of hydrogen-bond acceptors (Lipinski definition) is 3. The Hall–Kier alpha value is -2.80. The molecule has 0 spiro atoms. The van der Waals surface area contributed by atoms with Gasteiger partial charge in [-0.25, -0.2) is 4.39 Å². The minimum Gasteiger partial charge on any atom is -0.326 e. The van der Waals surface area contributed by atoms with Crippen LogP contribution >= 0.6 is 7.60 Å². The lowest BCUT2D eigenvalue weighted by Crippen LogP contribution is -2.24. The molecule has 1 unspecified atom stereocenters. The Balaban J connectivity index is 1.74. The maximum Gasteiger partial charge on any atom is 0.335 e. The fourth-order valence-corrected chi connectivity index (χ4v) is 5.79. The van der Waals surface area contributed by atoms with E-state index < -0.39 is 12.8 Å². The van der Waals surface area contributed by atoms with Crippen LogP contribution in [0.5, 0.6) is 0 Å². The summed E-state index contributed by atoms with van der Waals surface area (Å²) in [7, 11) is -2.57. The third kappa shape index (κ3) is 5.14. The predicted molar refractivity (Wildman–Crippen MR) is 131 cm³/mol. The summed E-state index contributed by atoms with van der Waals surface area (Å²) >= 11 is 0. The second kappa shape index (κ2) is 10.2. The minimum absolute atomic E-state index is 0.143. The van der Waals surface area contributed by atoms with Crippen LogP contribution in [0.3, 0.4) is 0 Å². The summed E-state index contributed by atoms with van der Waals surface area (Å²) in [4.78, 5) is 32.6. The van der Waals surface area contributed by atoms with Gasteiger partial charge in [-0.05, 0) is 60.7 Å². The fraction of sp³-hybridized carbons (Fsp3) is 0.360. The van der Waals surface area contributed by atoms with Crippen LogP contribution in [0.25, 0.3) is 11.3 Å². The van der Waals surface area contributed by atoms with Crippen molar-refractivity contribution in [3.05, 3.63) is 71.7 Å². The molecule has 0 bridgehead atoms. The van der Waals surface area contributed by atoms with Crippen LogP contribution in [0.2, 0.25) is 0 Å². The van der Waals surface area contributed by atoms with E-state index in [1.807, 2.05) is 6.92 Å². The van der Waals surface area contributed by atoms with Crippen LogP contribution < -0.4 is 5.32 Å². The number of hydrogen-bond donors (Lipinski definition) is 3. The van der Waals surface area contributed by atoms with E-state index in [9.17, 15) is 23.5 Å². The Morgan fingerprint density at radius 1 is 1.12 bits per heavy atom. The van der Waals surface area contributed by atoms with Gasteiger partial charge in [0.1, 0.15) is 5.82 Å². The van der Waals surface area contributed by atoms with Gasteiger partial charge in [0, 0.05) is 30.3 Å². The molecule has 1 heterocycles. The Labute approximate surface area is 199 Å². The highest BCUT2D eigenvalue weighted by Gasteiger charge is 2.45. The Kier molecular flexibility index (Phi) is 7.76. The molecule has 0 fully saturated rings. The molecule has 0 saturated heterocycles. The van der Waals surface area contributed by atoms with Gasteiger partial charge >= 0.3 is 7.60 Å². The quantitative estimate of drug-likeness (QED) is 0.343. The molecule has 182 valence electrons. The summed E-state index contributed by atoms with van der Waals surface area (Å²) in [6.45, 7) is 5.46. The average Bonchev–Trinajstić information content (AvgIpc) is 3.17. The number of carbonyl (C=O) groups excluding carboxylic acids is 1. The smallest absolute Gasteiger partial charge is 0.326 e. The summed E-state index contributed by atoms with van der Waals surface area (Å²) < 4.78 is 27.2. The number of rotatable bonds is 9. The molecule has 7 nitrogen and oxygen atoms in total. The van der Waals surface area contributed by atoms with Crippen molar-refractivity contribution < 1.29 is 23.5 Å². The molecule has 0 aliphatic carbocycles. The number of nitrogens with zero attached hydrogens (tertiary/aromatic N) is 2. The maximum atomic E-state index is 13.3. The molecule has 1 aromatic heterocycles. The number of carbonyl (C=O) groups is 1. The predicted octanol–water partition coefficient (Wildman–Crippen LogP) is 5.55. The Morgan fingerprint density at radius 2 is 1.71 bits per heavy atom. The molecular formula is C25H31FN3O4P. The van der Waals surface area contributed by atoms with Crippen LogP contribution in [0, 0.1) is 5.82 Å². The number of aromatic nitrogens is 2. The van der Waals surface area contributed by atoms with Gasteiger partial charge in [-0.2, -0.15) is 5.10 Å². The van der Waals surface area contributed by atoms with Gasteiger partial charge in [0.15, 0.2) is 0 Å². The van der Waals surface area contributed by atoms with E-state index in [0.717, 1.165) is 16.8 Å². The zero-order valence-electron chi connectivity index (χ0n) is 19.8. The molecular weight excluding hydrogens is 456 g/mol. The third-order valence-corrected chi connectivity index (χ3v) is 8.55. The number of anilines is 1. The highest BCUT2D eigenvalue weighted by molar-refractivity contribution is 7.53. The van der Waals surface area contributed by atoms with Gasteiger partial charge in [-0.3, -0.25) is 14.0 Å². The van der Waals surface area contributed by atoms with Crippen LogP contribution in [0.1, 0.15) is 57.1 Å². The van der Waals surface area contributed by atoms with Crippen LogP contribution in [0.4, 0.5) is 10.1 Å². The SMILES string of the molecule is CCC(CC)(c1ccc(NC(=O)CC(C)c2cnn(C)c2-c2ccc(F)cc2)cc1)P(=O)(O)O. The van der Waals surface area contributed by atoms with Crippen LogP contribution in [0.15, 0.2) is 54.7 Å².